The molecular weight excluding hydrogens is 467 g/mol. The van der Waals surface area contributed by atoms with Gasteiger partial charge in [0.1, 0.15) is 0 Å². The van der Waals surface area contributed by atoms with Crippen molar-refractivity contribution in [2.24, 2.45) is 0 Å². The van der Waals surface area contributed by atoms with Gasteiger partial charge in [0, 0.05) is 44.0 Å². The normalized spacial score (nSPS) is 17.4. The molecule has 0 saturated carbocycles. The van der Waals surface area contributed by atoms with E-state index in [1.807, 2.05) is 12.1 Å². The standard InChI is InChI=1S/C25H23ClF3N3S/c26-24-17(3-9-21-20(24)8-10-22(30-21)23-2-1-15-33-23)16-31-11-13-32(14-12-31)19-6-4-18(5-7-19)25(27,28)29/h1-2,4-8,10,15H,3,9,11-14,16H2. The molecule has 1 fully saturated rings. The van der Waals surface area contributed by atoms with Crippen molar-refractivity contribution < 1.29 is 13.2 Å². The van der Waals surface area contributed by atoms with Gasteiger partial charge in [-0.3, -0.25) is 9.88 Å². The Morgan fingerprint density at radius 2 is 1.70 bits per heavy atom. The van der Waals surface area contributed by atoms with Gasteiger partial charge in [-0.05, 0) is 66.3 Å². The van der Waals surface area contributed by atoms with Gasteiger partial charge in [0.05, 0.1) is 26.9 Å². The zero-order valence-corrected chi connectivity index (χ0v) is 19.5. The number of aryl methyl sites for hydroxylation is 1. The maximum Gasteiger partial charge on any atom is 0.416 e. The molecule has 1 aliphatic heterocycles. The maximum absolute atomic E-state index is 12.8. The Labute approximate surface area is 200 Å². The van der Waals surface area contributed by atoms with E-state index in [1.54, 1.807) is 23.5 Å². The third-order valence-corrected chi connectivity index (χ3v) is 7.67. The Morgan fingerprint density at radius 1 is 0.939 bits per heavy atom. The van der Waals surface area contributed by atoms with Gasteiger partial charge in [-0.25, -0.2) is 0 Å². The first kappa shape index (κ1) is 22.4. The average molecular weight is 490 g/mol. The average Bonchev–Trinajstić information content (AvgIpc) is 3.36. The van der Waals surface area contributed by atoms with E-state index >= 15 is 0 Å². The van der Waals surface area contributed by atoms with E-state index in [2.05, 4.69) is 27.3 Å². The van der Waals surface area contributed by atoms with Crippen LogP contribution in [-0.4, -0.2) is 42.6 Å². The van der Waals surface area contributed by atoms with Gasteiger partial charge in [-0.2, -0.15) is 13.2 Å². The summed E-state index contributed by atoms with van der Waals surface area (Å²) in [6.45, 7) is 4.05. The lowest BCUT2D eigenvalue weighted by molar-refractivity contribution is -0.137. The number of hydrogen-bond acceptors (Lipinski definition) is 4. The Bertz CT molecular complexity index is 1150. The molecule has 8 heteroatoms. The zero-order valence-electron chi connectivity index (χ0n) is 17.9. The van der Waals surface area contributed by atoms with E-state index in [0.717, 1.165) is 90.2 Å². The monoisotopic (exact) mass is 489 g/mol. The lowest BCUT2D eigenvalue weighted by atomic mass is 9.95. The van der Waals surface area contributed by atoms with Crippen LogP contribution in [0.4, 0.5) is 18.9 Å². The van der Waals surface area contributed by atoms with Gasteiger partial charge in [0.15, 0.2) is 0 Å². The van der Waals surface area contributed by atoms with E-state index in [1.165, 1.54) is 5.57 Å². The Morgan fingerprint density at radius 3 is 2.36 bits per heavy atom. The van der Waals surface area contributed by atoms with E-state index in [-0.39, 0.29) is 0 Å². The minimum atomic E-state index is -4.30. The number of alkyl halides is 3. The van der Waals surface area contributed by atoms with Crippen LogP contribution in [0.5, 0.6) is 0 Å². The molecule has 3 nitrogen and oxygen atoms in total. The van der Waals surface area contributed by atoms with Crippen molar-refractivity contribution in [3.05, 3.63) is 76.3 Å². The molecular formula is C25H23ClF3N3S. The zero-order chi connectivity index (χ0) is 23.0. The van der Waals surface area contributed by atoms with Crippen molar-refractivity contribution in [1.29, 1.82) is 0 Å². The van der Waals surface area contributed by atoms with Crippen LogP contribution in [-0.2, 0) is 12.6 Å². The smallest absolute Gasteiger partial charge is 0.369 e. The molecule has 33 heavy (non-hydrogen) atoms. The molecule has 2 aliphatic rings. The fourth-order valence-corrected chi connectivity index (χ4v) is 5.49. The molecule has 0 unspecified atom stereocenters. The second-order valence-corrected chi connectivity index (χ2v) is 9.72. The molecule has 0 bridgehead atoms. The molecule has 172 valence electrons. The van der Waals surface area contributed by atoms with Crippen LogP contribution in [0.2, 0.25) is 0 Å². The number of halogens is 4. The van der Waals surface area contributed by atoms with Crippen LogP contribution in [0.15, 0.2) is 59.5 Å². The number of anilines is 1. The van der Waals surface area contributed by atoms with Crippen LogP contribution < -0.4 is 4.90 Å². The Balaban J connectivity index is 1.22. The third-order valence-electron chi connectivity index (χ3n) is 6.30. The highest BCUT2D eigenvalue weighted by molar-refractivity contribution is 7.13. The molecule has 2 aromatic heterocycles. The van der Waals surface area contributed by atoms with Gasteiger partial charge >= 0.3 is 6.18 Å². The van der Waals surface area contributed by atoms with Crippen molar-refractivity contribution in [3.8, 4) is 10.6 Å². The van der Waals surface area contributed by atoms with Crippen molar-refractivity contribution in [2.75, 3.05) is 37.6 Å². The molecule has 3 aromatic rings. The molecule has 0 amide bonds. The predicted molar refractivity (Wildman–Crippen MR) is 129 cm³/mol. The summed E-state index contributed by atoms with van der Waals surface area (Å²) in [7, 11) is 0. The summed E-state index contributed by atoms with van der Waals surface area (Å²) < 4.78 is 38.4. The van der Waals surface area contributed by atoms with Crippen molar-refractivity contribution in [2.45, 2.75) is 19.0 Å². The van der Waals surface area contributed by atoms with Crippen LogP contribution in [0.3, 0.4) is 0 Å². The van der Waals surface area contributed by atoms with E-state index in [0.29, 0.717) is 0 Å². The van der Waals surface area contributed by atoms with Crippen LogP contribution in [0.25, 0.3) is 15.6 Å². The number of nitrogens with zero attached hydrogens (tertiary/aromatic N) is 3. The second-order valence-electron chi connectivity index (χ2n) is 8.39. The molecule has 0 N–H and O–H groups in total. The molecule has 0 spiro atoms. The quantitative estimate of drug-likeness (QED) is 0.414. The molecule has 0 atom stereocenters. The largest absolute Gasteiger partial charge is 0.416 e. The van der Waals surface area contributed by atoms with E-state index < -0.39 is 11.7 Å². The second kappa shape index (κ2) is 9.12. The van der Waals surface area contributed by atoms with Gasteiger partial charge in [0.25, 0.3) is 0 Å². The maximum atomic E-state index is 12.8. The van der Waals surface area contributed by atoms with E-state index in [4.69, 9.17) is 16.6 Å². The third kappa shape index (κ3) is 4.81. The number of thiophene rings is 1. The minimum absolute atomic E-state index is 0.610. The molecule has 1 saturated heterocycles. The summed E-state index contributed by atoms with van der Waals surface area (Å²) in [5, 5.41) is 2.87. The number of fused-ring (bicyclic) bond motifs is 1. The van der Waals surface area contributed by atoms with Crippen molar-refractivity contribution in [3.63, 3.8) is 0 Å². The number of benzene rings is 1. The molecule has 3 heterocycles. The van der Waals surface area contributed by atoms with Crippen LogP contribution in [0.1, 0.15) is 23.2 Å². The summed E-state index contributed by atoms with van der Waals surface area (Å²) in [6.07, 6.45) is -2.53. The van der Waals surface area contributed by atoms with Gasteiger partial charge < -0.3 is 4.90 Å². The van der Waals surface area contributed by atoms with Crippen LogP contribution >= 0.6 is 22.9 Å². The fourth-order valence-electron chi connectivity index (χ4n) is 4.47. The number of pyridine rings is 1. The number of piperazine rings is 1. The van der Waals surface area contributed by atoms with Crippen molar-refractivity contribution >= 4 is 33.7 Å². The topological polar surface area (TPSA) is 19.4 Å². The summed E-state index contributed by atoms with van der Waals surface area (Å²) in [4.78, 5) is 10.5. The number of rotatable bonds is 4. The Hall–Kier alpha value is -2.35. The molecule has 1 aliphatic carbocycles. The highest BCUT2D eigenvalue weighted by Gasteiger charge is 2.30. The number of hydrogen-bond donors (Lipinski definition) is 0. The van der Waals surface area contributed by atoms with Crippen LogP contribution in [0, 0.1) is 0 Å². The summed E-state index contributed by atoms with van der Waals surface area (Å²) in [5.74, 6) is 0. The predicted octanol–water partition coefficient (Wildman–Crippen LogP) is 6.55. The fraction of sp³-hybridized carbons (Fsp3) is 0.320. The number of aromatic nitrogens is 1. The highest BCUT2D eigenvalue weighted by atomic mass is 35.5. The van der Waals surface area contributed by atoms with Gasteiger partial charge in [-0.15, -0.1) is 11.3 Å². The summed E-state index contributed by atoms with van der Waals surface area (Å²) in [6, 6.07) is 13.7. The molecule has 5 rings (SSSR count). The van der Waals surface area contributed by atoms with Gasteiger partial charge in [-0.1, -0.05) is 17.7 Å². The lowest BCUT2D eigenvalue weighted by Gasteiger charge is -2.37. The Kier molecular flexibility index (Phi) is 6.20. The highest BCUT2D eigenvalue weighted by Crippen LogP contribution is 2.36. The summed E-state index contributed by atoms with van der Waals surface area (Å²) in [5.41, 5.74) is 4.54. The first-order chi connectivity index (χ1) is 15.9. The summed E-state index contributed by atoms with van der Waals surface area (Å²) >= 11 is 8.48. The first-order valence-electron chi connectivity index (χ1n) is 10.9. The first-order valence-corrected chi connectivity index (χ1v) is 12.2. The van der Waals surface area contributed by atoms with Crippen molar-refractivity contribution in [1.82, 2.24) is 9.88 Å². The molecule has 0 radical (unpaired) electrons. The van der Waals surface area contributed by atoms with E-state index in [9.17, 15) is 13.2 Å². The van der Waals surface area contributed by atoms with Gasteiger partial charge in [0.2, 0.25) is 0 Å². The SMILES string of the molecule is FC(F)(F)c1ccc(N2CCN(CC3=C(Cl)c4ccc(-c5cccs5)nc4CC3)CC2)cc1. The minimum Gasteiger partial charge on any atom is -0.369 e. The lowest BCUT2D eigenvalue weighted by Crippen LogP contribution is -2.47. The molecule has 1 aromatic carbocycles.